The quantitative estimate of drug-likeness (QED) is 0.691. The molecule has 2 aromatic carbocycles. The van der Waals surface area contributed by atoms with Crippen LogP contribution in [0.2, 0.25) is 0 Å². The van der Waals surface area contributed by atoms with Crippen molar-refractivity contribution < 1.29 is 14.3 Å². The number of rotatable bonds is 5. The topological polar surface area (TPSA) is 54.6 Å². The van der Waals surface area contributed by atoms with Gasteiger partial charge in [0.25, 0.3) is 5.91 Å². The van der Waals surface area contributed by atoms with E-state index in [2.05, 4.69) is 36.2 Å². The number of fused-ring (bicyclic) bond motifs is 1. The van der Waals surface area contributed by atoms with Crippen LogP contribution < -0.4 is 9.47 Å². The molecule has 0 radical (unpaired) electrons. The number of benzene rings is 2. The van der Waals surface area contributed by atoms with Crippen LogP contribution >= 0.6 is 0 Å². The highest BCUT2D eigenvalue weighted by molar-refractivity contribution is 5.95. The number of methoxy groups -OCH3 is 2. The van der Waals surface area contributed by atoms with E-state index >= 15 is 0 Å². The van der Waals surface area contributed by atoms with Crippen molar-refractivity contribution in [3.05, 3.63) is 59.3 Å². The molecule has 29 heavy (non-hydrogen) atoms. The first-order chi connectivity index (χ1) is 14.1. The number of hydrogen-bond donors (Lipinski definition) is 1. The Bertz CT molecular complexity index is 994. The van der Waals surface area contributed by atoms with Crippen LogP contribution in [0.3, 0.4) is 0 Å². The van der Waals surface area contributed by atoms with E-state index in [1.165, 1.54) is 22.2 Å². The highest BCUT2D eigenvalue weighted by Crippen LogP contribution is 2.30. The summed E-state index contributed by atoms with van der Waals surface area (Å²) in [5, 5.41) is 1.33. The number of carbonyl (C=O) groups excluding carboxylic acids is 1. The molecule has 0 saturated carbocycles. The van der Waals surface area contributed by atoms with Crippen LogP contribution in [0.15, 0.2) is 42.5 Å². The number of aromatic nitrogens is 1. The molecule has 1 N–H and O–H groups in total. The monoisotopic (exact) mass is 392 g/mol. The van der Waals surface area contributed by atoms with E-state index in [4.69, 9.17) is 9.47 Å². The van der Waals surface area contributed by atoms with Gasteiger partial charge in [-0.25, -0.2) is 0 Å². The first-order valence-corrected chi connectivity index (χ1v) is 10.2. The summed E-state index contributed by atoms with van der Waals surface area (Å²) in [4.78, 5) is 18.4. The fourth-order valence-corrected chi connectivity index (χ4v) is 4.34. The third kappa shape index (κ3) is 3.95. The number of aromatic amines is 1. The second kappa shape index (κ2) is 8.19. The van der Waals surface area contributed by atoms with E-state index in [1.807, 2.05) is 4.90 Å². The number of aryl methyl sites for hydroxylation is 1. The minimum atomic E-state index is 0.0453. The van der Waals surface area contributed by atoms with Crippen molar-refractivity contribution in [2.45, 2.75) is 26.2 Å². The summed E-state index contributed by atoms with van der Waals surface area (Å²) in [7, 11) is 3.20. The molecule has 1 fully saturated rings. The molecule has 0 spiro atoms. The average Bonchev–Trinajstić information content (AvgIpc) is 3.08. The molecule has 3 aromatic rings. The van der Waals surface area contributed by atoms with Crippen molar-refractivity contribution in [3.63, 3.8) is 0 Å². The standard InChI is InChI=1S/C24H28N2O3/c1-16-22(21-6-4-5-7-23(21)25-16)12-17-8-10-26(11-9-17)24(27)18-13-19(28-2)15-20(14-18)29-3/h4-7,13-15,17,25H,8-12H2,1-3H3. The molecule has 0 bridgehead atoms. The Morgan fingerprint density at radius 1 is 1.07 bits per heavy atom. The Hall–Kier alpha value is -2.95. The molecule has 5 nitrogen and oxygen atoms in total. The first kappa shape index (κ1) is 19.4. The Balaban J connectivity index is 1.43. The largest absolute Gasteiger partial charge is 0.497 e. The molecule has 4 rings (SSSR count). The fraction of sp³-hybridized carbons (Fsp3) is 0.375. The third-order valence-electron chi connectivity index (χ3n) is 6.02. The van der Waals surface area contributed by atoms with Crippen LogP contribution in [0.4, 0.5) is 0 Å². The average molecular weight is 392 g/mol. The van der Waals surface area contributed by atoms with E-state index < -0.39 is 0 Å². The zero-order valence-electron chi connectivity index (χ0n) is 17.3. The van der Waals surface area contributed by atoms with Gasteiger partial charge in [0.15, 0.2) is 0 Å². The van der Waals surface area contributed by atoms with E-state index in [0.29, 0.717) is 23.0 Å². The van der Waals surface area contributed by atoms with E-state index in [0.717, 1.165) is 32.4 Å². The fourth-order valence-electron chi connectivity index (χ4n) is 4.34. The molecule has 1 amide bonds. The Kier molecular flexibility index (Phi) is 5.47. The van der Waals surface area contributed by atoms with E-state index in [-0.39, 0.29) is 5.91 Å². The van der Waals surface area contributed by atoms with Crippen molar-refractivity contribution in [3.8, 4) is 11.5 Å². The van der Waals surface area contributed by atoms with Crippen LogP contribution in [0, 0.1) is 12.8 Å². The normalized spacial score (nSPS) is 14.9. The number of amides is 1. The smallest absolute Gasteiger partial charge is 0.254 e. The maximum absolute atomic E-state index is 13.0. The lowest BCUT2D eigenvalue weighted by atomic mass is 9.89. The molecule has 0 atom stereocenters. The molecule has 1 aliphatic rings. The second-order valence-electron chi connectivity index (χ2n) is 7.82. The third-order valence-corrected chi connectivity index (χ3v) is 6.02. The van der Waals surface area contributed by atoms with Gasteiger partial charge in [-0.15, -0.1) is 0 Å². The lowest BCUT2D eigenvalue weighted by molar-refractivity contribution is 0.0690. The van der Waals surface area contributed by atoms with Crippen LogP contribution in [0.25, 0.3) is 10.9 Å². The van der Waals surface area contributed by atoms with Crippen molar-refractivity contribution >= 4 is 16.8 Å². The van der Waals surface area contributed by atoms with Crippen molar-refractivity contribution in [1.82, 2.24) is 9.88 Å². The lowest BCUT2D eigenvalue weighted by Crippen LogP contribution is -2.39. The number of para-hydroxylation sites is 1. The Labute approximate surface area is 171 Å². The number of nitrogens with zero attached hydrogens (tertiary/aromatic N) is 1. The number of H-pyrrole nitrogens is 1. The van der Waals surface area contributed by atoms with Gasteiger partial charge in [0.05, 0.1) is 14.2 Å². The predicted molar refractivity (Wildman–Crippen MR) is 115 cm³/mol. The molecule has 1 aromatic heterocycles. The van der Waals surface area contributed by atoms with Crippen molar-refractivity contribution in [1.29, 1.82) is 0 Å². The molecule has 5 heteroatoms. The molecule has 0 aliphatic carbocycles. The Morgan fingerprint density at radius 2 is 1.72 bits per heavy atom. The number of carbonyl (C=O) groups is 1. The molecule has 1 aliphatic heterocycles. The molecule has 152 valence electrons. The molecule has 0 unspecified atom stereocenters. The van der Waals surface area contributed by atoms with Gasteiger partial charge in [0, 0.05) is 41.3 Å². The zero-order chi connectivity index (χ0) is 20.4. The number of hydrogen-bond acceptors (Lipinski definition) is 3. The number of likely N-dealkylation sites (tertiary alicyclic amines) is 1. The van der Waals surface area contributed by atoms with Crippen LogP contribution in [-0.2, 0) is 6.42 Å². The SMILES string of the molecule is COc1cc(OC)cc(C(=O)N2CCC(Cc3c(C)[nH]c4ccccc34)CC2)c1. The van der Waals surface area contributed by atoms with Crippen LogP contribution in [0.1, 0.15) is 34.5 Å². The highest BCUT2D eigenvalue weighted by atomic mass is 16.5. The number of nitrogens with one attached hydrogen (secondary N) is 1. The Morgan fingerprint density at radius 3 is 2.38 bits per heavy atom. The lowest BCUT2D eigenvalue weighted by Gasteiger charge is -2.32. The van der Waals surface area contributed by atoms with Gasteiger partial charge in [0.1, 0.15) is 11.5 Å². The van der Waals surface area contributed by atoms with Gasteiger partial charge in [-0.1, -0.05) is 18.2 Å². The number of piperidine rings is 1. The molecule has 1 saturated heterocycles. The van der Waals surface area contributed by atoms with Gasteiger partial charge in [-0.3, -0.25) is 4.79 Å². The summed E-state index contributed by atoms with van der Waals surface area (Å²) in [5.41, 5.74) is 4.50. The predicted octanol–water partition coefficient (Wildman–Crippen LogP) is 4.59. The van der Waals surface area contributed by atoms with Crippen molar-refractivity contribution in [2.75, 3.05) is 27.3 Å². The molecular weight excluding hydrogens is 364 g/mol. The maximum atomic E-state index is 13.0. The highest BCUT2D eigenvalue weighted by Gasteiger charge is 2.25. The summed E-state index contributed by atoms with van der Waals surface area (Å²) < 4.78 is 10.6. The maximum Gasteiger partial charge on any atom is 0.254 e. The summed E-state index contributed by atoms with van der Waals surface area (Å²) >= 11 is 0. The van der Waals surface area contributed by atoms with Gasteiger partial charge in [0.2, 0.25) is 0 Å². The number of ether oxygens (including phenoxy) is 2. The van der Waals surface area contributed by atoms with Crippen LogP contribution in [-0.4, -0.2) is 43.1 Å². The molecular formula is C24H28N2O3. The summed E-state index contributed by atoms with van der Waals surface area (Å²) in [6, 6.07) is 13.9. The summed E-state index contributed by atoms with van der Waals surface area (Å²) in [5.74, 6) is 1.91. The first-order valence-electron chi connectivity index (χ1n) is 10.2. The zero-order valence-corrected chi connectivity index (χ0v) is 17.3. The van der Waals surface area contributed by atoms with Crippen LogP contribution in [0.5, 0.6) is 11.5 Å². The van der Waals surface area contributed by atoms with E-state index in [9.17, 15) is 4.79 Å². The molecule has 2 heterocycles. The summed E-state index contributed by atoms with van der Waals surface area (Å²) in [6.07, 6.45) is 3.10. The minimum Gasteiger partial charge on any atom is -0.497 e. The van der Waals surface area contributed by atoms with Gasteiger partial charge in [-0.05, 0) is 55.9 Å². The van der Waals surface area contributed by atoms with Gasteiger partial charge < -0.3 is 19.4 Å². The van der Waals surface area contributed by atoms with E-state index in [1.54, 1.807) is 32.4 Å². The van der Waals surface area contributed by atoms with Gasteiger partial charge in [-0.2, -0.15) is 0 Å². The second-order valence-corrected chi connectivity index (χ2v) is 7.82. The van der Waals surface area contributed by atoms with Crippen molar-refractivity contribution in [2.24, 2.45) is 5.92 Å². The van der Waals surface area contributed by atoms with Gasteiger partial charge >= 0.3 is 0 Å². The summed E-state index contributed by atoms with van der Waals surface area (Å²) in [6.45, 7) is 3.72. The minimum absolute atomic E-state index is 0.0453.